The van der Waals surface area contributed by atoms with E-state index in [4.69, 9.17) is 4.74 Å². The fraction of sp³-hybridized carbons (Fsp3) is 0.250. The third-order valence-electron chi connectivity index (χ3n) is 3.65. The lowest BCUT2D eigenvalue weighted by Crippen LogP contribution is -2.27. The molecule has 0 unspecified atom stereocenters. The third kappa shape index (κ3) is 4.89. The molecule has 0 saturated carbocycles. The molecule has 28 heavy (non-hydrogen) atoms. The lowest BCUT2D eigenvalue weighted by Gasteiger charge is -2.20. The van der Waals surface area contributed by atoms with E-state index in [0.717, 1.165) is 35.6 Å². The predicted molar refractivity (Wildman–Crippen MR) is 91.4 cm³/mol. The van der Waals surface area contributed by atoms with Crippen LogP contribution in [0.3, 0.4) is 0 Å². The van der Waals surface area contributed by atoms with Gasteiger partial charge in [-0.15, -0.1) is 13.2 Å². The average Bonchev–Trinajstić information content (AvgIpc) is 2.61. The molecule has 8 nitrogen and oxygen atoms in total. The van der Waals surface area contributed by atoms with E-state index in [0.29, 0.717) is 0 Å². The minimum atomic E-state index is -4.94. The Kier molecular flexibility index (Phi) is 6.14. The number of para-hydroxylation sites is 1. The zero-order valence-corrected chi connectivity index (χ0v) is 15.5. The van der Waals surface area contributed by atoms with Crippen LogP contribution in [0.4, 0.5) is 18.9 Å². The van der Waals surface area contributed by atoms with E-state index in [1.165, 1.54) is 25.3 Å². The summed E-state index contributed by atoms with van der Waals surface area (Å²) in [4.78, 5) is 9.89. The summed E-state index contributed by atoms with van der Waals surface area (Å²) < 4.78 is 72.5. The van der Waals surface area contributed by atoms with E-state index in [1.54, 1.807) is 0 Å². The maximum absolute atomic E-state index is 12.7. The Bertz CT molecular complexity index is 979. The molecule has 0 aliphatic carbocycles. The maximum Gasteiger partial charge on any atom is 0.573 e. The van der Waals surface area contributed by atoms with Gasteiger partial charge in [-0.1, -0.05) is 18.2 Å². The third-order valence-corrected chi connectivity index (χ3v) is 5.45. The number of methoxy groups -OCH3 is 1. The number of sulfonamides is 1. The summed E-state index contributed by atoms with van der Waals surface area (Å²) in [7, 11) is -1.91. The van der Waals surface area contributed by atoms with Gasteiger partial charge in [-0.2, -0.15) is 4.31 Å². The van der Waals surface area contributed by atoms with Crippen molar-refractivity contribution in [1.82, 2.24) is 4.31 Å². The Morgan fingerprint density at radius 1 is 1.14 bits per heavy atom. The van der Waals surface area contributed by atoms with Crippen LogP contribution in [0.5, 0.6) is 11.5 Å². The Labute approximate surface area is 158 Å². The molecule has 0 saturated heterocycles. The molecule has 0 radical (unpaired) electrons. The van der Waals surface area contributed by atoms with Crippen molar-refractivity contribution in [3.8, 4) is 11.5 Å². The van der Waals surface area contributed by atoms with Crippen molar-refractivity contribution in [1.29, 1.82) is 0 Å². The minimum absolute atomic E-state index is 0.0334. The van der Waals surface area contributed by atoms with Gasteiger partial charge in [-0.3, -0.25) is 10.1 Å². The predicted octanol–water partition coefficient (Wildman–Crippen LogP) is 3.32. The SMILES string of the molecule is COc1ccc(S(=O)(=O)N(C)Cc2ccccc2OC(F)(F)F)cc1[N+](=O)[O-]. The van der Waals surface area contributed by atoms with E-state index in [9.17, 15) is 31.7 Å². The van der Waals surface area contributed by atoms with Crippen LogP contribution < -0.4 is 9.47 Å². The molecule has 0 aromatic heterocycles. The molecule has 0 fully saturated rings. The van der Waals surface area contributed by atoms with Gasteiger partial charge >= 0.3 is 12.0 Å². The van der Waals surface area contributed by atoms with Crippen LogP contribution in [0.25, 0.3) is 0 Å². The lowest BCUT2D eigenvalue weighted by atomic mass is 10.2. The summed E-state index contributed by atoms with van der Waals surface area (Å²) in [6.07, 6.45) is -4.94. The van der Waals surface area contributed by atoms with Gasteiger partial charge in [0.15, 0.2) is 5.75 Å². The fourth-order valence-electron chi connectivity index (χ4n) is 2.34. The summed E-state index contributed by atoms with van der Waals surface area (Å²) in [6.45, 7) is -0.450. The van der Waals surface area contributed by atoms with Crippen LogP contribution in [0.1, 0.15) is 5.56 Å². The van der Waals surface area contributed by atoms with Crippen molar-refractivity contribution >= 4 is 15.7 Å². The first kappa shape index (κ1) is 21.4. The van der Waals surface area contributed by atoms with E-state index >= 15 is 0 Å². The molecule has 0 aliphatic heterocycles. The molecule has 0 spiro atoms. The highest BCUT2D eigenvalue weighted by atomic mass is 32.2. The fourth-order valence-corrected chi connectivity index (χ4v) is 3.51. The number of halogens is 3. The molecule has 0 heterocycles. The lowest BCUT2D eigenvalue weighted by molar-refractivity contribution is -0.386. The zero-order chi connectivity index (χ0) is 21.1. The highest BCUT2D eigenvalue weighted by Gasteiger charge is 2.33. The van der Waals surface area contributed by atoms with Crippen molar-refractivity contribution in [2.45, 2.75) is 17.8 Å². The normalized spacial score (nSPS) is 12.1. The number of alkyl halides is 3. The topological polar surface area (TPSA) is 99.0 Å². The summed E-state index contributed by atoms with van der Waals surface area (Å²) in [5.41, 5.74) is -0.591. The first-order chi connectivity index (χ1) is 13.0. The number of hydrogen-bond acceptors (Lipinski definition) is 6. The van der Waals surface area contributed by atoms with Gasteiger partial charge in [0, 0.05) is 25.2 Å². The zero-order valence-electron chi connectivity index (χ0n) is 14.6. The smallest absolute Gasteiger partial charge is 0.490 e. The molecule has 0 atom stereocenters. The summed E-state index contributed by atoms with van der Waals surface area (Å²) in [6, 6.07) is 8.13. The van der Waals surface area contributed by atoms with Gasteiger partial charge in [-0.05, 0) is 18.2 Å². The second-order valence-corrected chi connectivity index (χ2v) is 7.55. The summed E-state index contributed by atoms with van der Waals surface area (Å²) in [5, 5.41) is 11.1. The van der Waals surface area contributed by atoms with E-state index in [-0.39, 0.29) is 11.3 Å². The number of nitrogens with zero attached hydrogens (tertiary/aromatic N) is 2. The molecule has 12 heteroatoms. The quantitative estimate of drug-likeness (QED) is 0.503. The van der Waals surface area contributed by atoms with Crippen molar-refractivity contribution in [3.63, 3.8) is 0 Å². The highest BCUT2D eigenvalue weighted by molar-refractivity contribution is 7.89. The van der Waals surface area contributed by atoms with Crippen LogP contribution in [0, 0.1) is 10.1 Å². The molecule has 152 valence electrons. The molecule has 0 N–H and O–H groups in total. The largest absolute Gasteiger partial charge is 0.573 e. The van der Waals surface area contributed by atoms with Crippen LogP contribution in [-0.4, -0.2) is 38.2 Å². The number of benzene rings is 2. The number of rotatable bonds is 7. The Balaban J connectivity index is 2.36. The monoisotopic (exact) mass is 420 g/mol. The van der Waals surface area contributed by atoms with Crippen molar-refractivity contribution in [2.75, 3.05) is 14.2 Å². The first-order valence-electron chi connectivity index (χ1n) is 7.58. The average molecular weight is 420 g/mol. The second kappa shape index (κ2) is 8.02. The van der Waals surface area contributed by atoms with Crippen LogP contribution in [0.2, 0.25) is 0 Å². The molecule has 2 rings (SSSR count). The standard InChI is InChI=1S/C16H15F3N2O6S/c1-20(10-11-5-3-4-6-14(11)27-16(17,18)19)28(24,25)12-7-8-15(26-2)13(9-12)21(22)23/h3-9H,10H2,1-2H3. The number of ether oxygens (including phenoxy) is 2. The molecule has 2 aromatic rings. The van der Waals surface area contributed by atoms with Gasteiger partial charge < -0.3 is 9.47 Å². The molecule has 0 bridgehead atoms. The van der Waals surface area contributed by atoms with Crippen molar-refractivity contribution in [2.24, 2.45) is 0 Å². The number of nitro benzene ring substituents is 1. The first-order valence-corrected chi connectivity index (χ1v) is 9.02. The minimum Gasteiger partial charge on any atom is -0.490 e. The van der Waals surface area contributed by atoms with Gasteiger partial charge in [-0.25, -0.2) is 8.42 Å². The van der Waals surface area contributed by atoms with Crippen LogP contribution >= 0.6 is 0 Å². The molecule has 0 aliphatic rings. The van der Waals surface area contributed by atoms with Gasteiger partial charge in [0.25, 0.3) is 0 Å². The molecule has 2 aromatic carbocycles. The summed E-state index contributed by atoms with van der Waals surface area (Å²) in [5.74, 6) is -0.673. The Hall–Kier alpha value is -2.86. The highest BCUT2D eigenvalue weighted by Crippen LogP contribution is 2.32. The van der Waals surface area contributed by atoms with Gasteiger partial charge in [0.2, 0.25) is 10.0 Å². The molecular formula is C16H15F3N2O6S. The second-order valence-electron chi connectivity index (χ2n) is 5.51. The number of hydrogen-bond donors (Lipinski definition) is 0. The van der Waals surface area contributed by atoms with E-state index in [2.05, 4.69) is 4.74 Å². The van der Waals surface area contributed by atoms with E-state index < -0.39 is 44.2 Å². The molecular weight excluding hydrogens is 405 g/mol. The van der Waals surface area contributed by atoms with Crippen molar-refractivity contribution in [3.05, 3.63) is 58.1 Å². The molecule has 0 amide bonds. The summed E-state index contributed by atoms with van der Waals surface area (Å²) >= 11 is 0. The van der Waals surface area contributed by atoms with Crippen molar-refractivity contribution < 1.29 is 36.0 Å². The Morgan fingerprint density at radius 2 is 1.79 bits per heavy atom. The van der Waals surface area contributed by atoms with Crippen LogP contribution in [-0.2, 0) is 16.6 Å². The number of nitro groups is 1. The van der Waals surface area contributed by atoms with Crippen LogP contribution in [0.15, 0.2) is 47.4 Å². The Morgan fingerprint density at radius 3 is 2.36 bits per heavy atom. The van der Waals surface area contributed by atoms with Gasteiger partial charge in [0.1, 0.15) is 5.75 Å². The van der Waals surface area contributed by atoms with Gasteiger partial charge in [0.05, 0.1) is 16.9 Å². The van der Waals surface area contributed by atoms with E-state index in [1.807, 2.05) is 0 Å². The maximum atomic E-state index is 12.7.